The van der Waals surface area contributed by atoms with Gasteiger partial charge in [-0.2, -0.15) is 0 Å². The Bertz CT molecular complexity index is 647. The Morgan fingerprint density at radius 3 is 1.89 bits per heavy atom. The second-order valence-corrected chi connectivity index (χ2v) is 14.1. The van der Waals surface area contributed by atoms with Gasteiger partial charge in [0, 0.05) is 24.2 Å². The Labute approximate surface area is 229 Å². The van der Waals surface area contributed by atoms with Gasteiger partial charge < -0.3 is 4.90 Å². The lowest BCUT2D eigenvalue weighted by Crippen LogP contribution is -2.28. The molecule has 36 heavy (non-hydrogen) atoms. The van der Waals surface area contributed by atoms with Crippen LogP contribution in [0.4, 0.5) is 0 Å². The molecule has 0 saturated carbocycles. The number of likely N-dealkylation sites (tertiary alicyclic amines) is 1. The Morgan fingerprint density at radius 1 is 1.00 bits per heavy atom. The van der Waals surface area contributed by atoms with Crippen molar-refractivity contribution in [3.63, 3.8) is 0 Å². The van der Waals surface area contributed by atoms with E-state index in [1.54, 1.807) is 0 Å². The van der Waals surface area contributed by atoms with Crippen molar-refractivity contribution in [1.29, 1.82) is 0 Å². The van der Waals surface area contributed by atoms with E-state index in [1.807, 2.05) is 18.5 Å². The molecule has 0 bridgehead atoms. The van der Waals surface area contributed by atoms with E-state index >= 15 is 0 Å². The molecule has 2 heterocycles. The molecule has 0 aromatic carbocycles. The first-order valence-electron chi connectivity index (χ1n) is 14.8. The van der Waals surface area contributed by atoms with Gasteiger partial charge in [0.25, 0.3) is 0 Å². The number of hydrogen-bond donors (Lipinski definition) is 0. The minimum absolute atomic E-state index is 0.0519. The highest BCUT2D eigenvalue weighted by Gasteiger charge is 2.32. The SMILES string of the molecule is CC.CC(C)C1CCN(C(C)C)C1.CCCC(C)(C)n1cc(C(C)(C)CC(C)(C)CC)nn1.CPC. The van der Waals surface area contributed by atoms with Crippen molar-refractivity contribution in [3.05, 3.63) is 11.9 Å². The van der Waals surface area contributed by atoms with E-state index < -0.39 is 0 Å². The molecule has 2 rings (SSSR count). The lowest BCUT2D eigenvalue weighted by atomic mass is 9.72. The van der Waals surface area contributed by atoms with E-state index in [1.165, 1.54) is 25.9 Å². The first kappa shape index (κ1) is 37.7. The summed E-state index contributed by atoms with van der Waals surface area (Å²) in [6, 6.07) is 0.749. The maximum Gasteiger partial charge on any atom is 0.0883 e. The van der Waals surface area contributed by atoms with Crippen molar-refractivity contribution in [2.45, 2.75) is 146 Å². The van der Waals surface area contributed by atoms with Gasteiger partial charge in [-0.05, 0) is 84.1 Å². The van der Waals surface area contributed by atoms with Gasteiger partial charge in [-0.15, -0.1) is 13.7 Å². The van der Waals surface area contributed by atoms with Crippen LogP contribution in [0.1, 0.15) is 135 Å². The number of rotatable bonds is 9. The number of aromatic nitrogens is 3. The molecule has 216 valence electrons. The van der Waals surface area contributed by atoms with Crippen molar-refractivity contribution >= 4 is 8.58 Å². The molecule has 1 aromatic rings. The average Bonchev–Trinajstić information content (AvgIpc) is 3.47. The van der Waals surface area contributed by atoms with Crippen molar-refractivity contribution in [3.8, 4) is 0 Å². The molecule has 5 heteroatoms. The van der Waals surface area contributed by atoms with Crippen LogP contribution in [-0.2, 0) is 11.0 Å². The van der Waals surface area contributed by atoms with Crippen LogP contribution in [-0.4, -0.2) is 52.4 Å². The fraction of sp³-hybridized carbons (Fsp3) is 0.935. The summed E-state index contributed by atoms with van der Waals surface area (Å²) < 4.78 is 2.05. The van der Waals surface area contributed by atoms with Crippen molar-refractivity contribution < 1.29 is 0 Å². The predicted octanol–water partition coefficient (Wildman–Crippen LogP) is 9.24. The summed E-state index contributed by atoms with van der Waals surface area (Å²) in [4.78, 5) is 2.59. The molecule has 0 amide bonds. The molecule has 1 aliphatic rings. The minimum atomic E-state index is 0.0519. The summed E-state index contributed by atoms with van der Waals surface area (Å²) >= 11 is 0. The monoisotopic (exact) mass is 527 g/mol. The topological polar surface area (TPSA) is 34.0 Å². The summed E-state index contributed by atoms with van der Waals surface area (Å²) in [5, 5.41) is 8.86. The molecular weight excluding hydrogens is 459 g/mol. The molecule has 1 atom stereocenters. The van der Waals surface area contributed by atoms with Crippen molar-refractivity contribution in [2.24, 2.45) is 17.3 Å². The molecule has 1 unspecified atom stereocenters. The highest BCUT2D eigenvalue weighted by Crippen LogP contribution is 2.38. The first-order chi connectivity index (χ1) is 16.6. The summed E-state index contributed by atoms with van der Waals surface area (Å²) in [6.45, 7) is 38.4. The van der Waals surface area contributed by atoms with Crippen LogP contribution in [0.3, 0.4) is 0 Å². The van der Waals surface area contributed by atoms with E-state index in [0.29, 0.717) is 5.41 Å². The lowest BCUT2D eigenvalue weighted by Gasteiger charge is -2.33. The highest BCUT2D eigenvalue weighted by atomic mass is 31.1. The molecular formula is C31H67N4P. The number of nitrogens with zero attached hydrogens (tertiary/aromatic N) is 4. The fourth-order valence-electron chi connectivity index (χ4n) is 4.84. The third-order valence-corrected chi connectivity index (χ3v) is 7.48. The fourth-order valence-corrected chi connectivity index (χ4v) is 4.84. The zero-order valence-corrected chi connectivity index (χ0v) is 28.5. The zero-order valence-electron chi connectivity index (χ0n) is 27.5. The maximum atomic E-state index is 4.47. The molecule has 0 spiro atoms. The van der Waals surface area contributed by atoms with Crippen molar-refractivity contribution in [1.82, 2.24) is 19.9 Å². The Kier molecular flexibility index (Phi) is 18.8. The van der Waals surface area contributed by atoms with E-state index in [9.17, 15) is 0 Å². The Balaban J connectivity index is 0. The van der Waals surface area contributed by atoms with Crippen LogP contribution in [0.15, 0.2) is 6.20 Å². The van der Waals surface area contributed by atoms with Gasteiger partial charge in [-0.25, -0.2) is 4.68 Å². The van der Waals surface area contributed by atoms with Crippen LogP contribution < -0.4 is 0 Å². The van der Waals surface area contributed by atoms with Crippen LogP contribution in [0, 0.1) is 17.3 Å². The second kappa shape index (κ2) is 17.9. The molecule has 4 nitrogen and oxygen atoms in total. The smallest absolute Gasteiger partial charge is 0.0883 e. The Morgan fingerprint density at radius 2 is 1.53 bits per heavy atom. The molecule has 1 fully saturated rings. The summed E-state index contributed by atoms with van der Waals surface area (Å²) in [7, 11) is 1.08. The van der Waals surface area contributed by atoms with Crippen LogP contribution in [0.2, 0.25) is 0 Å². The van der Waals surface area contributed by atoms with E-state index in [2.05, 4.69) is 118 Å². The van der Waals surface area contributed by atoms with E-state index in [4.69, 9.17) is 0 Å². The highest BCUT2D eigenvalue weighted by molar-refractivity contribution is 7.35. The van der Waals surface area contributed by atoms with Gasteiger partial charge in [0.1, 0.15) is 0 Å². The lowest BCUT2D eigenvalue weighted by molar-refractivity contribution is 0.244. The summed E-state index contributed by atoms with van der Waals surface area (Å²) in [5.74, 6) is 1.83. The van der Waals surface area contributed by atoms with E-state index in [-0.39, 0.29) is 11.0 Å². The zero-order chi connectivity index (χ0) is 28.7. The molecule has 1 aliphatic heterocycles. The van der Waals surface area contributed by atoms with Gasteiger partial charge in [-0.3, -0.25) is 0 Å². The molecule has 1 saturated heterocycles. The van der Waals surface area contributed by atoms with Gasteiger partial charge in [0.15, 0.2) is 0 Å². The van der Waals surface area contributed by atoms with Gasteiger partial charge in [0.2, 0.25) is 0 Å². The normalized spacial score (nSPS) is 16.7. The number of hydrogen-bond acceptors (Lipinski definition) is 3. The van der Waals surface area contributed by atoms with Crippen LogP contribution in [0.5, 0.6) is 0 Å². The van der Waals surface area contributed by atoms with Gasteiger partial charge >= 0.3 is 0 Å². The van der Waals surface area contributed by atoms with Crippen molar-refractivity contribution in [2.75, 3.05) is 26.4 Å². The van der Waals surface area contributed by atoms with Gasteiger partial charge in [0.05, 0.1) is 11.2 Å². The predicted molar refractivity (Wildman–Crippen MR) is 167 cm³/mol. The van der Waals surface area contributed by atoms with Gasteiger partial charge in [-0.1, -0.05) is 87.3 Å². The Hall–Kier alpha value is -0.470. The summed E-state index contributed by atoms with van der Waals surface area (Å²) in [5.41, 5.74) is 1.58. The first-order valence-corrected chi connectivity index (χ1v) is 16.8. The maximum absolute atomic E-state index is 4.47. The standard InChI is InChI=1S/C17H33N3.C10H21N.C2H7P.C2H6/c1-9-11-17(7,8)20-12-14(18-19-20)16(5,6)13-15(3,4)10-2;1-8(2)10-5-6-11(7-10)9(3)4;1-3-2;1-2/h12H,9-11,13H2,1-8H3;8-10H,5-7H2,1-4H3;3H,1-2H3;1-2H3. The molecule has 1 aromatic heterocycles. The van der Waals surface area contributed by atoms with E-state index in [0.717, 1.165) is 51.4 Å². The third-order valence-electron chi connectivity index (χ3n) is 7.48. The molecule has 0 radical (unpaired) electrons. The quantitative estimate of drug-likeness (QED) is 0.301. The second-order valence-electron chi connectivity index (χ2n) is 13.1. The summed E-state index contributed by atoms with van der Waals surface area (Å²) in [6.07, 6.45) is 8.16. The van der Waals surface area contributed by atoms with Crippen LogP contribution in [0.25, 0.3) is 0 Å². The average molecular weight is 527 g/mol. The molecule has 0 N–H and O–H groups in total. The third kappa shape index (κ3) is 13.9. The largest absolute Gasteiger partial charge is 0.301 e. The minimum Gasteiger partial charge on any atom is -0.301 e. The van der Waals surface area contributed by atoms with Crippen LogP contribution >= 0.6 is 8.58 Å². The molecule has 0 aliphatic carbocycles.